The number of carbonyl (C=O) groups excluding carboxylic acids is 1. The van der Waals surface area contributed by atoms with E-state index in [-0.39, 0.29) is 5.91 Å². The normalized spacial score (nSPS) is 16.1. The van der Waals surface area contributed by atoms with Gasteiger partial charge in [-0.1, -0.05) is 18.2 Å². The lowest BCUT2D eigenvalue weighted by Gasteiger charge is -2.20. The zero-order chi connectivity index (χ0) is 13.9. The molecule has 1 aliphatic heterocycles. The Hall–Kier alpha value is -2.14. The highest BCUT2D eigenvalue weighted by atomic mass is 16.5. The van der Waals surface area contributed by atoms with Gasteiger partial charge in [0, 0.05) is 25.1 Å². The van der Waals surface area contributed by atoms with Crippen LogP contribution < -0.4 is 5.73 Å². The second kappa shape index (κ2) is 5.46. The van der Waals surface area contributed by atoms with E-state index in [0.29, 0.717) is 31.1 Å². The molecule has 3 rings (SSSR count). The van der Waals surface area contributed by atoms with Gasteiger partial charge in [0.2, 0.25) is 0 Å². The second-order valence-electron chi connectivity index (χ2n) is 4.87. The molecule has 1 saturated heterocycles. The van der Waals surface area contributed by atoms with Crippen LogP contribution in [0.3, 0.4) is 0 Å². The van der Waals surface area contributed by atoms with Crippen LogP contribution in [-0.2, 0) is 4.74 Å². The number of nitrogens with zero attached hydrogens (tertiary/aromatic N) is 2. The number of pyridine rings is 1. The maximum Gasteiger partial charge on any atom is 0.254 e. The Morgan fingerprint density at radius 1 is 1.25 bits per heavy atom. The molecule has 1 aromatic carbocycles. The summed E-state index contributed by atoms with van der Waals surface area (Å²) in [5.74, 6) is 0.374. The number of rotatable bonds is 1. The number of nitrogen functional groups attached to an aromatic ring is 1. The van der Waals surface area contributed by atoms with Crippen LogP contribution in [0.2, 0.25) is 0 Å². The Kier molecular flexibility index (Phi) is 3.52. The van der Waals surface area contributed by atoms with Gasteiger partial charge in [-0.2, -0.15) is 0 Å². The molecule has 0 spiro atoms. The summed E-state index contributed by atoms with van der Waals surface area (Å²) in [6.45, 7) is 2.64. The number of para-hydroxylation sites is 1. The molecule has 0 radical (unpaired) electrons. The molecule has 1 amide bonds. The molecular weight excluding hydrogens is 254 g/mol. The van der Waals surface area contributed by atoms with Gasteiger partial charge in [0.1, 0.15) is 5.82 Å². The molecule has 0 saturated carbocycles. The van der Waals surface area contributed by atoms with Crippen LogP contribution in [0.25, 0.3) is 10.9 Å². The number of hydrogen-bond donors (Lipinski definition) is 1. The third-order valence-electron chi connectivity index (χ3n) is 3.48. The largest absolute Gasteiger partial charge is 0.384 e. The number of ether oxygens (including phenoxy) is 1. The van der Waals surface area contributed by atoms with Crippen molar-refractivity contribution < 1.29 is 9.53 Å². The van der Waals surface area contributed by atoms with E-state index in [9.17, 15) is 4.79 Å². The van der Waals surface area contributed by atoms with Crippen molar-refractivity contribution in [2.75, 3.05) is 32.0 Å². The van der Waals surface area contributed by atoms with Crippen molar-refractivity contribution in [3.8, 4) is 0 Å². The van der Waals surface area contributed by atoms with Crippen LogP contribution in [0.5, 0.6) is 0 Å². The van der Waals surface area contributed by atoms with Gasteiger partial charge in [0.05, 0.1) is 17.7 Å². The summed E-state index contributed by atoms with van der Waals surface area (Å²) >= 11 is 0. The number of anilines is 1. The van der Waals surface area contributed by atoms with Crippen molar-refractivity contribution in [2.24, 2.45) is 0 Å². The molecule has 104 valence electrons. The first kappa shape index (κ1) is 12.9. The lowest BCUT2D eigenvalue weighted by molar-refractivity contribution is 0.0743. The number of benzene rings is 1. The third kappa shape index (κ3) is 2.44. The quantitative estimate of drug-likeness (QED) is 0.856. The van der Waals surface area contributed by atoms with Gasteiger partial charge in [0.15, 0.2) is 0 Å². The highest BCUT2D eigenvalue weighted by Crippen LogP contribution is 2.21. The molecule has 0 atom stereocenters. The van der Waals surface area contributed by atoms with Crippen molar-refractivity contribution in [2.45, 2.75) is 6.42 Å². The lowest BCUT2D eigenvalue weighted by atomic mass is 10.1. The number of hydrogen-bond acceptors (Lipinski definition) is 4. The molecule has 1 aliphatic rings. The van der Waals surface area contributed by atoms with Gasteiger partial charge in [-0.25, -0.2) is 4.98 Å². The predicted octanol–water partition coefficient (Wildman–Crippen LogP) is 1.68. The fourth-order valence-electron chi connectivity index (χ4n) is 2.49. The van der Waals surface area contributed by atoms with Crippen molar-refractivity contribution in [3.63, 3.8) is 0 Å². The molecule has 1 aromatic heterocycles. The number of aromatic nitrogens is 1. The minimum absolute atomic E-state index is 0.000741. The minimum atomic E-state index is 0.000741. The van der Waals surface area contributed by atoms with Crippen LogP contribution in [0.15, 0.2) is 30.3 Å². The van der Waals surface area contributed by atoms with Gasteiger partial charge in [-0.15, -0.1) is 0 Å². The standard InChI is InChI=1S/C15H17N3O2/c16-14-10-12(11-4-1-2-5-13(11)17-14)15(19)18-6-3-8-20-9-7-18/h1-2,4-5,10H,3,6-9H2,(H2,16,17). The summed E-state index contributed by atoms with van der Waals surface area (Å²) in [6.07, 6.45) is 0.865. The second-order valence-corrected chi connectivity index (χ2v) is 4.87. The van der Waals surface area contributed by atoms with Gasteiger partial charge in [-0.3, -0.25) is 4.79 Å². The van der Waals surface area contributed by atoms with E-state index in [2.05, 4.69) is 4.98 Å². The summed E-state index contributed by atoms with van der Waals surface area (Å²) in [6, 6.07) is 9.24. The fourth-order valence-corrected chi connectivity index (χ4v) is 2.49. The minimum Gasteiger partial charge on any atom is -0.384 e. The highest BCUT2D eigenvalue weighted by Gasteiger charge is 2.20. The van der Waals surface area contributed by atoms with Crippen LogP contribution in [0.1, 0.15) is 16.8 Å². The first-order valence-electron chi connectivity index (χ1n) is 6.78. The summed E-state index contributed by atoms with van der Waals surface area (Å²) in [5.41, 5.74) is 7.19. The number of amides is 1. The molecule has 20 heavy (non-hydrogen) atoms. The van der Waals surface area contributed by atoms with Crippen LogP contribution >= 0.6 is 0 Å². The first-order valence-corrected chi connectivity index (χ1v) is 6.78. The summed E-state index contributed by atoms with van der Waals surface area (Å²) in [5, 5.41) is 0.844. The van der Waals surface area contributed by atoms with Gasteiger partial charge >= 0.3 is 0 Å². The number of carbonyl (C=O) groups is 1. The Labute approximate surface area is 117 Å². The summed E-state index contributed by atoms with van der Waals surface area (Å²) in [4.78, 5) is 18.8. The van der Waals surface area contributed by atoms with Gasteiger partial charge < -0.3 is 15.4 Å². The average Bonchev–Trinajstić information content (AvgIpc) is 2.74. The van der Waals surface area contributed by atoms with E-state index in [1.54, 1.807) is 6.07 Å². The Morgan fingerprint density at radius 2 is 2.10 bits per heavy atom. The maximum absolute atomic E-state index is 12.7. The lowest BCUT2D eigenvalue weighted by Crippen LogP contribution is -2.33. The van der Waals surface area contributed by atoms with Crippen molar-refractivity contribution in [1.29, 1.82) is 0 Å². The molecule has 1 fully saturated rings. The van der Waals surface area contributed by atoms with Crippen molar-refractivity contribution >= 4 is 22.6 Å². The molecule has 0 aliphatic carbocycles. The number of nitrogens with two attached hydrogens (primary N) is 1. The Balaban J connectivity index is 2.02. The van der Waals surface area contributed by atoms with E-state index in [0.717, 1.165) is 23.9 Å². The van der Waals surface area contributed by atoms with E-state index < -0.39 is 0 Å². The van der Waals surface area contributed by atoms with Crippen LogP contribution in [0, 0.1) is 0 Å². The smallest absolute Gasteiger partial charge is 0.254 e. The molecule has 0 unspecified atom stereocenters. The van der Waals surface area contributed by atoms with Crippen LogP contribution in [0.4, 0.5) is 5.82 Å². The van der Waals surface area contributed by atoms with E-state index >= 15 is 0 Å². The summed E-state index contributed by atoms with van der Waals surface area (Å²) in [7, 11) is 0. The molecule has 2 aromatic rings. The van der Waals surface area contributed by atoms with E-state index in [1.165, 1.54) is 0 Å². The topological polar surface area (TPSA) is 68.5 Å². The summed E-state index contributed by atoms with van der Waals surface area (Å²) < 4.78 is 5.39. The molecule has 2 N–H and O–H groups in total. The average molecular weight is 271 g/mol. The third-order valence-corrected chi connectivity index (χ3v) is 3.48. The zero-order valence-electron chi connectivity index (χ0n) is 11.2. The highest BCUT2D eigenvalue weighted by molar-refractivity contribution is 6.06. The Morgan fingerprint density at radius 3 is 3.00 bits per heavy atom. The monoisotopic (exact) mass is 271 g/mol. The van der Waals surface area contributed by atoms with Gasteiger partial charge in [0.25, 0.3) is 5.91 Å². The first-order chi connectivity index (χ1) is 9.75. The molecule has 5 nitrogen and oxygen atoms in total. The molecular formula is C15H17N3O2. The molecule has 2 heterocycles. The number of fused-ring (bicyclic) bond motifs is 1. The van der Waals surface area contributed by atoms with Crippen molar-refractivity contribution in [3.05, 3.63) is 35.9 Å². The van der Waals surface area contributed by atoms with Gasteiger partial charge in [-0.05, 0) is 18.6 Å². The van der Waals surface area contributed by atoms with E-state index in [4.69, 9.17) is 10.5 Å². The van der Waals surface area contributed by atoms with Crippen LogP contribution in [-0.4, -0.2) is 42.1 Å². The predicted molar refractivity (Wildman–Crippen MR) is 77.5 cm³/mol. The zero-order valence-corrected chi connectivity index (χ0v) is 11.2. The SMILES string of the molecule is Nc1cc(C(=O)N2CCCOCC2)c2ccccc2n1. The molecule has 5 heteroatoms. The molecule has 0 bridgehead atoms. The van der Waals surface area contributed by atoms with Crippen molar-refractivity contribution in [1.82, 2.24) is 9.88 Å². The maximum atomic E-state index is 12.7. The van der Waals surface area contributed by atoms with E-state index in [1.807, 2.05) is 29.2 Å². The fraction of sp³-hybridized carbons (Fsp3) is 0.333. The Bertz CT molecular complexity index is 634.